The zero-order chi connectivity index (χ0) is 31.7. The molecule has 2 nitrogen and oxygen atoms in total. The molecule has 4 rings (SSSR count). The zero-order valence-corrected chi connectivity index (χ0v) is 25.7. The van der Waals surface area contributed by atoms with Gasteiger partial charge in [-0.2, -0.15) is 4.39 Å². The summed E-state index contributed by atoms with van der Waals surface area (Å²) < 4.78 is 99.4. The van der Waals surface area contributed by atoms with E-state index in [-0.39, 0.29) is 35.5 Å². The lowest BCUT2D eigenvalue weighted by molar-refractivity contribution is -0.120. The van der Waals surface area contributed by atoms with E-state index in [9.17, 15) is 22.0 Å². The van der Waals surface area contributed by atoms with Crippen LogP contribution < -0.4 is 4.74 Å². The molecule has 0 aromatic heterocycles. The van der Waals surface area contributed by atoms with E-state index in [1.54, 1.807) is 18.2 Å². The van der Waals surface area contributed by atoms with Crippen LogP contribution in [0.15, 0.2) is 49.1 Å². The van der Waals surface area contributed by atoms with Crippen molar-refractivity contribution in [2.24, 2.45) is 11.8 Å². The van der Waals surface area contributed by atoms with Gasteiger partial charge in [0.05, 0.1) is 6.10 Å². The normalized spacial score (nSPS) is 24.1. The van der Waals surface area contributed by atoms with Gasteiger partial charge in [0.2, 0.25) is 5.82 Å². The number of halogens is 6. The number of alkyl halides is 4. The van der Waals surface area contributed by atoms with Crippen LogP contribution in [0.2, 0.25) is 0 Å². The SMILES string of the molecule is C=CCCc1ccc(C(F)C(F)COc2ccc(C3CCC(CC(F)(F)COC4CCC(CC)CC4)CC3)c(F)c2F)cc1. The van der Waals surface area contributed by atoms with Crippen LogP contribution in [-0.4, -0.2) is 31.4 Å². The van der Waals surface area contributed by atoms with Crippen molar-refractivity contribution in [2.45, 2.75) is 114 Å². The second-order valence-corrected chi connectivity index (χ2v) is 12.7. The van der Waals surface area contributed by atoms with Crippen LogP contribution in [-0.2, 0) is 11.2 Å². The summed E-state index contributed by atoms with van der Waals surface area (Å²) in [5, 5.41) is 0. The topological polar surface area (TPSA) is 18.5 Å². The zero-order valence-electron chi connectivity index (χ0n) is 25.7. The Kier molecular flexibility index (Phi) is 12.7. The minimum absolute atomic E-state index is 0.0942. The number of aryl methyl sites for hydroxylation is 1. The minimum Gasteiger partial charge on any atom is -0.487 e. The number of ether oxygens (including phenoxy) is 2. The van der Waals surface area contributed by atoms with Crippen LogP contribution >= 0.6 is 0 Å². The third-order valence-electron chi connectivity index (χ3n) is 9.50. The van der Waals surface area contributed by atoms with Gasteiger partial charge in [0.15, 0.2) is 23.9 Å². The first-order valence-electron chi connectivity index (χ1n) is 16.2. The maximum absolute atomic E-state index is 15.0. The Labute approximate surface area is 258 Å². The minimum atomic E-state index is -2.92. The number of hydrogen-bond donors (Lipinski definition) is 0. The highest BCUT2D eigenvalue weighted by Crippen LogP contribution is 2.42. The van der Waals surface area contributed by atoms with E-state index in [1.807, 2.05) is 0 Å². The van der Waals surface area contributed by atoms with E-state index >= 15 is 4.39 Å². The van der Waals surface area contributed by atoms with Crippen molar-refractivity contribution in [3.8, 4) is 5.75 Å². The molecule has 0 radical (unpaired) electrons. The largest absolute Gasteiger partial charge is 0.487 e. The van der Waals surface area contributed by atoms with Crippen LogP contribution in [0.3, 0.4) is 0 Å². The van der Waals surface area contributed by atoms with Crippen molar-refractivity contribution in [3.63, 3.8) is 0 Å². The molecule has 44 heavy (non-hydrogen) atoms. The molecule has 0 aliphatic heterocycles. The molecule has 2 aliphatic rings. The lowest BCUT2D eigenvalue weighted by Crippen LogP contribution is -2.32. The third-order valence-corrected chi connectivity index (χ3v) is 9.50. The molecule has 2 saturated carbocycles. The Morgan fingerprint density at radius 3 is 2.18 bits per heavy atom. The van der Waals surface area contributed by atoms with Gasteiger partial charge in [0.1, 0.15) is 13.2 Å². The maximum Gasteiger partial charge on any atom is 0.271 e. The first-order chi connectivity index (χ1) is 21.1. The molecule has 244 valence electrons. The standard InChI is InChI=1S/C36H46F6O2/c1-3-5-6-25-7-15-28(16-8-25)33(38)31(37)22-43-32-20-19-30(34(39)35(32)40)27-13-9-26(10-14-27)21-36(41,42)23-44-29-17-11-24(4-2)12-18-29/h3,7-8,15-16,19-20,24,26-27,29,31,33H,1,4-6,9-14,17-18,21-23H2,2H3. The molecule has 0 bridgehead atoms. The van der Waals surface area contributed by atoms with Crippen molar-refractivity contribution >= 4 is 0 Å². The number of benzene rings is 2. The van der Waals surface area contributed by atoms with Crippen LogP contribution in [0.5, 0.6) is 5.75 Å². The second kappa shape index (κ2) is 16.2. The summed E-state index contributed by atoms with van der Waals surface area (Å²) in [4.78, 5) is 0. The number of allylic oxidation sites excluding steroid dienone is 1. The molecular formula is C36H46F6O2. The number of rotatable bonds is 15. The van der Waals surface area contributed by atoms with Gasteiger partial charge in [0.25, 0.3) is 5.92 Å². The highest BCUT2D eigenvalue weighted by Gasteiger charge is 2.37. The Morgan fingerprint density at radius 1 is 0.886 bits per heavy atom. The Balaban J connectivity index is 1.23. The molecule has 2 aromatic carbocycles. The lowest BCUT2D eigenvalue weighted by atomic mass is 9.76. The monoisotopic (exact) mass is 624 g/mol. The maximum atomic E-state index is 15.0. The Morgan fingerprint density at radius 2 is 1.55 bits per heavy atom. The van der Waals surface area contributed by atoms with E-state index in [0.29, 0.717) is 31.6 Å². The molecule has 0 spiro atoms. The fourth-order valence-electron chi connectivity index (χ4n) is 6.68. The van der Waals surface area contributed by atoms with Gasteiger partial charge >= 0.3 is 0 Å². The molecular weight excluding hydrogens is 578 g/mol. The summed E-state index contributed by atoms with van der Waals surface area (Å²) in [6.45, 7) is 4.47. The average Bonchev–Trinajstić information content (AvgIpc) is 3.04. The smallest absolute Gasteiger partial charge is 0.271 e. The van der Waals surface area contributed by atoms with E-state index in [4.69, 9.17) is 9.47 Å². The van der Waals surface area contributed by atoms with Crippen LogP contribution in [0, 0.1) is 23.5 Å². The molecule has 2 aliphatic carbocycles. The average molecular weight is 625 g/mol. The van der Waals surface area contributed by atoms with Gasteiger partial charge in [0, 0.05) is 6.42 Å². The summed E-state index contributed by atoms with van der Waals surface area (Å²) in [5.74, 6) is -5.61. The fourth-order valence-corrected chi connectivity index (χ4v) is 6.68. The van der Waals surface area contributed by atoms with Crippen LogP contribution in [0.4, 0.5) is 26.3 Å². The van der Waals surface area contributed by atoms with Crippen molar-refractivity contribution < 1.29 is 35.8 Å². The summed E-state index contributed by atoms with van der Waals surface area (Å²) in [5.41, 5.74) is 1.27. The predicted molar refractivity (Wildman–Crippen MR) is 162 cm³/mol. The summed E-state index contributed by atoms with van der Waals surface area (Å²) in [7, 11) is 0. The third kappa shape index (κ3) is 9.51. The Hall–Kier alpha value is -2.48. The van der Waals surface area contributed by atoms with Gasteiger partial charge in [-0.25, -0.2) is 22.0 Å². The van der Waals surface area contributed by atoms with E-state index in [0.717, 1.165) is 50.5 Å². The van der Waals surface area contributed by atoms with Crippen LogP contribution in [0.1, 0.15) is 106 Å². The van der Waals surface area contributed by atoms with Gasteiger partial charge < -0.3 is 9.47 Å². The molecule has 0 heterocycles. The van der Waals surface area contributed by atoms with Crippen molar-refractivity contribution in [1.29, 1.82) is 0 Å². The van der Waals surface area contributed by atoms with Crippen molar-refractivity contribution in [2.75, 3.05) is 13.2 Å². The fraction of sp³-hybridized carbons (Fsp3) is 0.611. The first-order valence-corrected chi connectivity index (χ1v) is 16.2. The van der Waals surface area contributed by atoms with E-state index < -0.39 is 48.9 Å². The summed E-state index contributed by atoms with van der Waals surface area (Å²) >= 11 is 0. The van der Waals surface area contributed by atoms with E-state index in [1.165, 1.54) is 24.3 Å². The second-order valence-electron chi connectivity index (χ2n) is 12.7. The van der Waals surface area contributed by atoms with Crippen molar-refractivity contribution in [1.82, 2.24) is 0 Å². The van der Waals surface area contributed by atoms with Crippen LogP contribution in [0.25, 0.3) is 0 Å². The lowest BCUT2D eigenvalue weighted by Gasteiger charge is -2.32. The van der Waals surface area contributed by atoms with Gasteiger partial charge in [-0.1, -0.05) is 49.8 Å². The highest BCUT2D eigenvalue weighted by molar-refractivity contribution is 5.33. The van der Waals surface area contributed by atoms with E-state index in [2.05, 4.69) is 13.5 Å². The molecule has 2 unspecified atom stereocenters. The quantitative estimate of drug-likeness (QED) is 0.145. The summed E-state index contributed by atoms with van der Waals surface area (Å²) in [6.07, 6.45) is 5.61. The molecule has 2 aromatic rings. The molecule has 2 fully saturated rings. The van der Waals surface area contributed by atoms with Gasteiger partial charge in [-0.15, -0.1) is 6.58 Å². The molecule has 0 amide bonds. The van der Waals surface area contributed by atoms with Gasteiger partial charge in [-0.05, 0) is 105 Å². The first kappa shape index (κ1) is 34.4. The molecule has 0 saturated heterocycles. The highest BCUT2D eigenvalue weighted by atomic mass is 19.3. The number of hydrogen-bond acceptors (Lipinski definition) is 2. The van der Waals surface area contributed by atoms with Crippen molar-refractivity contribution in [3.05, 3.63) is 77.4 Å². The predicted octanol–water partition coefficient (Wildman–Crippen LogP) is 10.8. The molecule has 2 atom stereocenters. The molecule has 8 heteroatoms. The van der Waals surface area contributed by atoms with Gasteiger partial charge in [-0.3, -0.25) is 0 Å². The summed E-state index contributed by atoms with van der Waals surface area (Å²) in [6, 6.07) is 9.09. The molecule has 0 N–H and O–H groups in total. The Bertz CT molecular complexity index is 1170.